The number of rotatable bonds is 7. The van der Waals surface area contributed by atoms with Crippen LogP contribution in [0.2, 0.25) is 0 Å². The van der Waals surface area contributed by atoms with Crippen LogP contribution in [-0.2, 0) is 19.1 Å². The van der Waals surface area contributed by atoms with Crippen molar-refractivity contribution in [3.05, 3.63) is 24.3 Å². The van der Waals surface area contributed by atoms with Crippen molar-refractivity contribution >= 4 is 11.9 Å². The summed E-state index contributed by atoms with van der Waals surface area (Å²) in [6, 6.07) is 0. The van der Waals surface area contributed by atoms with Gasteiger partial charge in [0.2, 0.25) is 0 Å². The molecule has 0 spiro atoms. The van der Waals surface area contributed by atoms with E-state index < -0.39 is 0 Å². The van der Waals surface area contributed by atoms with Gasteiger partial charge in [0.1, 0.15) is 12.2 Å². The Morgan fingerprint density at radius 2 is 1.27 bits per heavy atom. The van der Waals surface area contributed by atoms with Gasteiger partial charge in [-0.2, -0.15) is 0 Å². The normalized spacial score (nSPS) is 24.0. The molecular weight excluding hydrogens is 280 g/mol. The number of esters is 2. The van der Waals surface area contributed by atoms with Crippen molar-refractivity contribution in [1.29, 1.82) is 0 Å². The molecule has 4 heteroatoms. The number of unbranched alkanes of at least 4 members (excludes halogenated alkanes) is 1. The molecule has 0 aliphatic heterocycles. The molecule has 0 N–H and O–H groups in total. The molecule has 0 aromatic rings. The van der Waals surface area contributed by atoms with Gasteiger partial charge in [0.25, 0.3) is 0 Å². The van der Waals surface area contributed by atoms with Crippen LogP contribution >= 0.6 is 0 Å². The van der Waals surface area contributed by atoms with E-state index in [-0.39, 0.29) is 24.1 Å². The molecule has 0 saturated heterocycles. The van der Waals surface area contributed by atoms with E-state index in [0.717, 1.165) is 38.5 Å². The Hall–Kier alpha value is -1.58. The minimum Gasteiger partial charge on any atom is -0.458 e. The molecule has 2 aliphatic carbocycles. The van der Waals surface area contributed by atoms with Crippen LogP contribution in [0.5, 0.6) is 0 Å². The van der Waals surface area contributed by atoms with E-state index in [1.807, 2.05) is 12.2 Å². The van der Waals surface area contributed by atoms with Crippen molar-refractivity contribution in [3.8, 4) is 0 Å². The summed E-state index contributed by atoms with van der Waals surface area (Å²) in [4.78, 5) is 23.4. The zero-order valence-electron chi connectivity index (χ0n) is 13.2. The van der Waals surface area contributed by atoms with Crippen LogP contribution in [0.1, 0.15) is 64.2 Å². The third kappa shape index (κ3) is 6.46. The lowest BCUT2D eigenvalue weighted by molar-refractivity contribution is -0.149. The quantitative estimate of drug-likeness (QED) is 0.407. The largest absolute Gasteiger partial charge is 0.458 e. The first kappa shape index (κ1) is 16.8. The van der Waals surface area contributed by atoms with Gasteiger partial charge in [-0.3, -0.25) is 9.59 Å². The Labute approximate surface area is 132 Å². The zero-order valence-corrected chi connectivity index (χ0v) is 13.2. The average molecular weight is 306 g/mol. The first-order chi connectivity index (χ1) is 10.7. The number of ether oxygens (including phenoxy) is 2. The van der Waals surface area contributed by atoms with Gasteiger partial charge in [0.05, 0.1) is 0 Å². The van der Waals surface area contributed by atoms with E-state index in [2.05, 4.69) is 12.2 Å². The molecule has 4 nitrogen and oxygen atoms in total. The van der Waals surface area contributed by atoms with Crippen LogP contribution in [0.25, 0.3) is 0 Å². The summed E-state index contributed by atoms with van der Waals surface area (Å²) >= 11 is 0. The SMILES string of the molecule is O=C(CCCCC(=O)OC1C=CCCC1)OC1C=CCCC1. The third-order valence-corrected chi connectivity index (χ3v) is 4.00. The Bertz CT molecular complexity index is 385. The molecule has 0 saturated carbocycles. The Morgan fingerprint density at radius 3 is 1.64 bits per heavy atom. The van der Waals surface area contributed by atoms with Crippen LogP contribution in [-0.4, -0.2) is 24.1 Å². The molecule has 0 aromatic carbocycles. The molecule has 0 radical (unpaired) electrons. The fourth-order valence-electron chi connectivity index (χ4n) is 2.75. The fourth-order valence-corrected chi connectivity index (χ4v) is 2.75. The Morgan fingerprint density at radius 1 is 0.818 bits per heavy atom. The maximum absolute atomic E-state index is 11.7. The summed E-state index contributed by atoms with van der Waals surface area (Å²) in [6.07, 6.45) is 16.2. The average Bonchev–Trinajstić information content (AvgIpc) is 2.53. The van der Waals surface area contributed by atoms with Gasteiger partial charge >= 0.3 is 11.9 Å². The van der Waals surface area contributed by atoms with Crippen molar-refractivity contribution in [3.63, 3.8) is 0 Å². The predicted octanol–water partition coefficient (Wildman–Crippen LogP) is 3.85. The summed E-state index contributed by atoms with van der Waals surface area (Å²) in [5, 5.41) is 0. The van der Waals surface area contributed by atoms with E-state index in [9.17, 15) is 9.59 Å². The minimum atomic E-state index is -0.167. The number of carbonyl (C=O) groups excluding carboxylic acids is 2. The Kier molecular flexibility index (Phi) is 7.20. The molecule has 0 amide bonds. The lowest BCUT2D eigenvalue weighted by Crippen LogP contribution is -2.18. The monoisotopic (exact) mass is 306 g/mol. The lowest BCUT2D eigenvalue weighted by atomic mass is 10.1. The van der Waals surface area contributed by atoms with E-state index in [4.69, 9.17) is 9.47 Å². The van der Waals surface area contributed by atoms with Gasteiger partial charge in [0.15, 0.2) is 0 Å². The second-order valence-electron chi connectivity index (χ2n) is 5.98. The summed E-state index contributed by atoms with van der Waals surface area (Å²) < 4.78 is 10.7. The highest BCUT2D eigenvalue weighted by Gasteiger charge is 2.15. The highest BCUT2D eigenvalue weighted by Crippen LogP contribution is 2.16. The number of hydrogen-bond acceptors (Lipinski definition) is 4. The molecule has 122 valence electrons. The van der Waals surface area contributed by atoms with Gasteiger partial charge in [-0.15, -0.1) is 0 Å². The molecule has 2 unspecified atom stereocenters. The molecule has 0 aromatic heterocycles. The zero-order chi connectivity index (χ0) is 15.6. The lowest BCUT2D eigenvalue weighted by Gasteiger charge is -2.17. The maximum atomic E-state index is 11.7. The van der Waals surface area contributed by atoms with Crippen molar-refractivity contribution in [1.82, 2.24) is 0 Å². The van der Waals surface area contributed by atoms with E-state index >= 15 is 0 Å². The smallest absolute Gasteiger partial charge is 0.306 e. The first-order valence-electron chi connectivity index (χ1n) is 8.46. The van der Waals surface area contributed by atoms with Crippen molar-refractivity contribution in [2.24, 2.45) is 0 Å². The van der Waals surface area contributed by atoms with Gasteiger partial charge in [0, 0.05) is 12.8 Å². The first-order valence-corrected chi connectivity index (χ1v) is 8.46. The predicted molar refractivity (Wildman–Crippen MR) is 84.2 cm³/mol. The molecule has 2 atom stereocenters. The van der Waals surface area contributed by atoms with Gasteiger partial charge in [-0.05, 0) is 63.5 Å². The van der Waals surface area contributed by atoms with E-state index in [1.165, 1.54) is 0 Å². The fraction of sp³-hybridized carbons (Fsp3) is 0.667. The minimum absolute atomic E-state index is 0.0516. The highest BCUT2D eigenvalue weighted by molar-refractivity contribution is 5.71. The molecule has 2 aliphatic rings. The second-order valence-corrected chi connectivity index (χ2v) is 5.98. The van der Waals surface area contributed by atoms with E-state index in [0.29, 0.717) is 25.7 Å². The van der Waals surface area contributed by atoms with Crippen molar-refractivity contribution in [2.75, 3.05) is 0 Å². The summed E-state index contributed by atoms with van der Waals surface area (Å²) in [6.45, 7) is 0. The standard InChI is InChI=1S/C18H26O4/c19-17(21-15-9-3-1-4-10-15)13-7-8-14-18(20)22-16-11-5-2-6-12-16/h3,5,9,11,15-16H,1-2,4,6-8,10,12-14H2. The number of carbonyl (C=O) groups is 2. The van der Waals surface area contributed by atoms with Crippen LogP contribution in [0, 0.1) is 0 Å². The second kappa shape index (κ2) is 9.44. The maximum Gasteiger partial charge on any atom is 0.306 e. The highest BCUT2D eigenvalue weighted by atomic mass is 16.5. The van der Waals surface area contributed by atoms with Crippen LogP contribution < -0.4 is 0 Å². The molecule has 0 heterocycles. The van der Waals surface area contributed by atoms with Gasteiger partial charge < -0.3 is 9.47 Å². The molecule has 0 fully saturated rings. The van der Waals surface area contributed by atoms with E-state index in [1.54, 1.807) is 0 Å². The molecule has 2 rings (SSSR count). The molecule has 0 bridgehead atoms. The molecular formula is C18H26O4. The summed E-state index contributed by atoms with van der Waals surface area (Å²) in [5.41, 5.74) is 0. The topological polar surface area (TPSA) is 52.6 Å². The van der Waals surface area contributed by atoms with Gasteiger partial charge in [-0.25, -0.2) is 0 Å². The van der Waals surface area contributed by atoms with Crippen LogP contribution in [0.3, 0.4) is 0 Å². The van der Waals surface area contributed by atoms with Crippen LogP contribution in [0.4, 0.5) is 0 Å². The number of hydrogen-bond donors (Lipinski definition) is 0. The molecule has 22 heavy (non-hydrogen) atoms. The third-order valence-electron chi connectivity index (χ3n) is 4.00. The van der Waals surface area contributed by atoms with Crippen molar-refractivity contribution < 1.29 is 19.1 Å². The Balaban J connectivity index is 1.52. The van der Waals surface area contributed by atoms with Gasteiger partial charge in [-0.1, -0.05) is 12.2 Å². The van der Waals surface area contributed by atoms with Crippen LogP contribution in [0.15, 0.2) is 24.3 Å². The summed E-state index contributed by atoms with van der Waals surface area (Å²) in [7, 11) is 0. The number of allylic oxidation sites excluding steroid dienone is 2. The van der Waals surface area contributed by atoms with Crippen molar-refractivity contribution in [2.45, 2.75) is 76.4 Å². The summed E-state index contributed by atoms with van der Waals surface area (Å²) in [5.74, 6) is -0.333.